The summed E-state index contributed by atoms with van der Waals surface area (Å²) in [5, 5.41) is 22.8. The van der Waals surface area contributed by atoms with Crippen molar-refractivity contribution in [3.63, 3.8) is 0 Å². The van der Waals surface area contributed by atoms with Crippen LogP contribution in [0.3, 0.4) is 0 Å². The Bertz CT molecular complexity index is 772. The summed E-state index contributed by atoms with van der Waals surface area (Å²) in [7, 11) is 0. The lowest BCUT2D eigenvalue weighted by Gasteiger charge is -2.02. The van der Waals surface area contributed by atoms with Crippen molar-refractivity contribution in [3.8, 4) is 11.5 Å². The van der Waals surface area contributed by atoms with E-state index in [1.54, 1.807) is 24.3 Å². The summed E-state index contributed by atoms with van der Waals surface area (Å²) < 4.78 is 4.33. The van der Waals surface area contributed by atoms with E-state index in [1.807, 2.05) is 24.3 Å². The molecule has 0 aliphatic rings. The number of nitrogens with one attached hydrogen (secondary N) is 1. The highest BCUT2D eigenvalue weighted by Gasteiger charge is 2.05. The molecule has 0 saturated carbocycles. The molecule has 3 rings (SSSR count). The maximum atomic E-state index is 9.47. The minimum absolute atomic E-state index is 0.255. The summed E-state index contributed by atoms with van der Waals surface area (Å²) in [5.41, 5.74) is 2.14. The number of rotatable bonds is 6. The van der Waals surface area contributed by atoms with Crippen LogP contribution in [-0.2, 0) is 12.8 Å². The van der Waals surface area contributed by atoms with Crippen LogP contribution in [0.15, 0.2) is 48.5 Å². The van der Waals surface area contributed by atoms with Crippen LogP contribution >= 0.6 is 11.5 Å². The van der Waals surface area contributed by atoms with Gasteiger partial charge in [-0.1, -0.05) is 24.3 Å². The summed E-state index contributed by atoms with van der Waals surface area (Å²) in [4.78, 5) is 4.46. The van der Waals surface area contributed by atoms with Crippen LogP contribution in [0.2, 0.25) is 0 Å². The van der Waals surface area contributed by atoms with E-state index >= 15 is 0 Å². The van der Waals surface area contributed by atoms with Crippen molar-refractivity contribution in [2.45, 2.75) is 12.8 Å². The fourth-order valence-corrected chi connectivity index (χ4v) is 2.83. The topological polar surface area (TPSA) is 78.3 Å². The van der Waals surface area contributed by atoms with Gasteiger partial charge in [-0.3, -0.25) is 0 Å². The highest BCUT2D eigenvalue weighted by Crippen LogP contribution is 2.17. The van der Waals surface area contributed by atoms with E-state index < -0.39 is 0 Å². The van der Waals surface area contributed by atoms with E-state index in [0.717, 1.165) is 35.0 Å². The maximum Gasteiger partial charge on any atom is 0.202 e. The quantitative estimate of drug-likeness (QED) is 0.648. The largest absolute Gasteiger partial charge is 0.508 e. The predicted octanol–water partition coefficient (Wildman–Crippen LogP) is 3.19. The molecule has 6 heteroatoms. The summed E-state index contributed by atoms with van der Waals surface area (Å²) in [6, 6.07) is 14.3. The predicted molar refractivity (Wildman–Crippen MR) is 91.1 cm³/mol. The Morgan fingerprint density at radius 3 is 2.57 bits per heavy atom. The average molecular weight is 327 g/mol. The van der Waals surface area contributed by atoms with Crippen LogP contribution in [0, 0.1) is 0 Å². The Labute approximate surface area is 138 Å². The normalized spacial score (nSPS) is 10.6. The molecule has 0 fully saturated rings. The van der Waals surface area contributed by atoms with Gasteiger partial charge in [0.2, 0.25) is 5.13 Å². The Morgan fingerprint density at radius 1 is 0.957 bits per heavy atom. The minimum Gasteiger partial charge on any atom is -0.508 e. The lowest BCUT2D eigenvalue weighted by molar-refractivity contribution is 0.474. The molecule has 0 saturated heterocycles. The fourth-order valence-electron chi connectivity index (χ4n) is 2.22. The van der Waals surface area contributed by atoms with Crippen molar-refractivity contribution in [2.75, 3.05) is 11.9 Å². The van der Waals surface area contributed by atoms with Crippen LogP contribution in [0.5, 0.6) is 11.5 Å². The van der Waals surface area contributed by atoms with Crippen LogP contribution in [0.1, 0.15) is 17.0 Å². The highest BCUT2D eigenvalue weighted by atomic mass is 32.1. The average Bonchev–Trinajstić information content (AvgIpc) is 2.97. The molecule has 0 amide bonds. The van der Waals surface area contributed by atoms with Gasteiger partial charge in [0, 0.05) is 24.5 Å². The molecule has 0 radical (unpaired) electrons. The summed E-state index contributed by atoms with van der Waals surface area (Å²) >= 11 is 1.34. The molecule has 23 heavy (non-hydrogen) atoms. The van der Waals surface area contributed by atoms with Crippen molar-refractivity contribution in [2.24, 2.45) is 0 Å². The van der Waals surface area contributed by atoms with Crippen molar-refractivity contribution in [1.82, 2.24) is 9.36 Å². The second kappa shape index (κ2) is 7.11. The molecule has 0 spiro atoms. The molecule has 0 aliphatic carbocycles. The molecule has 2 aromatic carbocycles. The van der Waals surface area contributed by atoms with Crippen LogP contribution in [0.25, 0.3) is 0 Å². The first-order valence-corrected chi connectivity index (χ1v) is 8.09. The first-order valence-electron chi connectivity index (χ1n) is 7.31. The van der Waals surface area contributed by atoms with Gasteiger partial charge < -0.3 is 15.5 Å². The Kier molecular flexibility index (Phi) is 4.73. The second-order valence-corrected chi connectivity index (χ2v) is 5.96. The minimum atomic E-state index is 0.255. The summed E-state index contributed by atoms with van der Waals surface area (Å²) in [6.45, 7) is 0.755. The van der Waals surface area contributed by atoms with E-state index in [0.29, 0.717) is 6.42 Å². The zero-order valence-corrected chi connectivity index (χ0v) is 13.3. The van der Waals surface area contributed by atoms with Gasteiger partial charge in [-0.05, 0) is 41.8 Å². The molecule has 1 aromatic heterocycles. The molecule has 0 atom stereocenters. The number of hydrogen-bond acceptors (Lipinski definition) is 6. The molecule has 0 bridgehead atoms. The van der Waals surface area contributed by atoms with Gasteiger partial charge >= 0.3 is 0 Å². The van der Waals surface area contributed by atoms with Gasteiger partial charge in [0.1, 0.15) is 17.3 Å². The highest BCUT2D eigenvalue weighted by molar-refractivity contribution is 7.09. The number of benzene rings is 2. The van der Waals surface area contributed by atoms with Crippen LogP contribution in [0.4, 0.5) is 5.13 Å². The van der Waals surface area contributed by atoms with Crippen molar-refractivity contribution >= 4 is 16.7 Å². The van der Waals surface area contributed by atoms with Crippen LogP contribution in [-0.4, -0.2) is 26.1 Å². The van der Waals surface area contributed by atoms with E-state index in [-0.39, 0.29) is 11.5 Å². The van der Waals surface area contributed by atoms with Gasteiger partial charge in [-0.2, -0.15) is 4.37 Å². The maximum absolute atomic E-state index is 9.47. The van der Waals surface area contributed by atoms with E-state index in [2.05, 4.69) is 14.7 Å². The first-order chi connectivity index (χ1) is 11.2. The first kappa shape index (κ1) is 15.3. The molecule has 3 aromatic rings. The molecule has 0 unspecified atom stereocenters. The van der Waals surface area contributed by atoms with Crippen molar-refractivity contribution in [1.29, 1.82) is 0 Å². The van der Waals surface area contributed by atoms with Crippen molar-refractivity contribution in [3.05, 3.63) is 65.5 Å². The zero-order chi connectivity index (χ0) is 16.1. The molecule has 5 nitrogen and oxygen atoms in total. The Balaban J connectivity index is 1.52. The molecule has 3 N–H and O–H groups in total. The number of nitrogens with zero attached hydrogens (tertiary/aromatic N) is 2. The summed E-state index contributed by atoms with van der Waals surface area (Å²) in [6.07, 6.45) is 1.45. The molecular formula is C17H17N3O2S. The zero-order valence-electron chi connectivity index (χ0n) is 12.4. The van der Waals surface area contributed by atoms with E-state index in [1.165, 1.54) is 11.5 Å². The van der Waals surface area contributed by atoms with Gasteiger partial charge in [-0.15, -0.1) is 0 Å². The Morgan fingerprint density at radius 2 is 1.78 bits per heavy atom. The smallest absolute Gasteiger partial charge is 0.202 e. The van der Waals surface area contributed by atoms with Gasteiger partial charge in [0.05, 0.1) is 0 Å². The second-order valence-electron chi connectivity index (χ2n) is 5.21. The lowest BCUT2D eigenvalue weighted by Crippen LogP contribution is -2.04. The fraction of sp³-hybridized carbons (Fsp3) is 0.176. The van der Waals surface area contributed by atoms with Crippen LogP contribution < -0.4 is 5.32 Å². The van der Waals surface area contributed by atoms with Gasteiger partial charge in [0.15, 0.2) is 0 Å². The molecule has 118 valence electrons. The number of aromatic nitrogens is 2. The third kappa shape index (κ3) is 4.43. The standard InChI is InChI=1S/C17H17N3O2S/c21-14-6-4-12(5-7-14)8-9-18-17-19-16(20-23-17)11-13-2-1-3-15(22)10-13/h1-7,10,21-22H,8-9,11H2,(H,18,19,20). The number of aromatic hydroxyl groups is 2. The number of anilines is 1. The summed E-state index contributed by atoms with van der Waals surface area (Å²) in [5.74, 6) is 1.28. The Hall–Kier alpha value is -2.60. The SMILES string of the molecule is Oc1ccc(CCNc2nc(Cc3cccc(O)c3)ns2)cc1. The number of hydrogen-bond donors (Lipinski definition) is 3. The molecule has 1 heterocycles. The number of phenols is 2. The number of phenolic OH excluding ortho intramolecular Hbond substituents is 2. The third-order valence-electron chi connectivity index (χ3n) is 3.37. The van der Waals surface area contributed by atoms with Crippen molar-refractivity contribution < 1.29 is 10.2 Å². The van der Waals surface area contributed by atoms with E-state index in [9.17, 15) is 10.2 Å². The third-order valence-corrected chi connectivity index (χ3v) is 4.08. The van der Waals surface area contributed by atoms with Gasteiger partial charge in [-0.25, -0.2) is 4.98 Å². The van der Waals surface area contributed by atoms with Gasteiger partial charge in [0.25, 0.3) is 0 Å². The van der Waals surface area contributed by atoms with E-state index in [4.69, 9.17) is 0 Å². The molecular weight excluding hydrogens is 310 g/mol. The monoisotopic (exact) mass is 327 g/mol. The lowest BCUT2D eigenvalue weighted by atomic mass is 10.1. The molecule has 0 aliphatic heterocycles.